The standard InChI is InChI=1S/C12H10F6O/c1-7(2)8-3-5-9(6-4-8)10(13,14)11(15,19)12(16,17)18/h3-6,19H,1H2,2H3. The fourth-order valence-corrected chi connectivity index (χ4v) is 1.33. The van der Waals surface area contributed by atoms with E-state index in [-0.39, 0.29) is 0 Å². The van der Waals surface area contributed by atoms with Gasteiger partial charge in [-0.3, -0.25) is 0 Å². The predicted octanol–water partition coefficient (Wildman–Crippen LogP) is 4.03. The van der Waals surface area contributed by atoms with Crippen LogP contribution < -0.4 is 0 Å². The molecule has 0 aliphatic rings. The van der Waals surface area contributed by atoms with Gasteiger partial charge in [0.15, 0.2) is 0 Å². The minimum absolute atomic E-state index is 0.411. The van der Waals surface area contributed by atoms with Crippen LogP contribution in [0.3, 0.4) is 0 Å². The summed E-state index contributed by atoms with van der Waals surface area (Å²) in [7, 11) is 0. The Balaban J connectivity index is 3.24. The van der Waals surface area contributed by atoms with Gasteiger partial charge in [0.05, 0.1) is 0 Å². The third-order valence-corrected chi connectivity index (χ3v) is 2.53. The maximum atomic E-state index is 13.4. The lowest BCUT2D eigenvalue weighted by Gasteiger charge is -2.30. The molecule has 106 valence electrons. The van der Waals surface area contributed by atoms with Crippen molar-refractivity contribution in [1.29, 1.82) is 0 Å². The number of alkyl halides is 6. The van der Waals surface area contributed by atoms with Crippen LogP contribution >= 0.6 is 0 Å². The number of hydrogen-bond acceptors (Lipinski definition) is 1. The molecule has 0 amide bonds. The van der Waals surface area contributed by atoms with Gasteiger partial charge >= 0.3 is 18.0 Å². The van der Waals surface area contributed by atoms with Gasteiger partial charge in [-0.15, -0.1) is 0 Å². The average molecular weight is 284 g/mol. The maximum Gasteiger partial charge on any atom is 0.455 e. The second-order valence-electron chi connectivity index (χ2n) is 4.05. The van der Waals surface area contributed by atoms with Crippen molar-refractivity contribution >= 4 is 5.57 Å². The molecule has 19 heavy (non-hydrogen) atoms. The maximum absolute atomic E-state index is 13.4. The van der Waals surface area contributed by atoms with Gasteiger partial charge in [-0.2, -0.15) is 26.3 Å². The van der Waals surface area contributed by atoms with E-state index in [1.165, 1.54) is 0 Å². The summed E-state index contributed by atoms with van der Waals surface area (Å²) >= 11 is 0. The van der Waals surface area contributed by atoms with Crippen LogP contribution in [-0.2, 0) is 5.92 Å². The SMILES string of the molecule is C=C(C)c1ccc(C(F)(F)C(O)(F)C(F)(F)F)cc1. The molecular formula is C12H10F6O. The molecule has 0 heterocycles. The van der Waals surface area contributed by atoms with Crippen molar-refractivity contribution in [3.05, 3.63) is 42.0 Å². The summed E-state index contributed by atoms with van der Waals surface area (Å²) in [5.74, 6) is -10.7. The number of allylic oxidation sites excluding steroid dienone is 1. The molecule has 0 aliphatic carbocycles. The smallest absolute Gasteiger partial charge is 0.350 e. The molecule has 1 N–H and O–H groups in total. The van der Waals surface area contributed by atoms with Crippen molar-refractivity contribution in [2.24, 2.45) is 0 Å². The molecule has 1 aromatic carbocycles. The zero-order valence-electron chi connectivity index (χ0n) is 9.73. The van der Waals surface area contributed by atoms with Gasteiger partial charge in [0.25, 0.3) is 0 Å². The van der Waals surface area contributed by atoms with Crippen molar-refractivity contribution in [2.75, 3.05) is 0 Å². The second kappa shape index (κ2) is 4.56. The van der Waals surface area contributed by atoms with Gasteiger partial charge in [0.2, 0.25) is 0 Å². The number of rotatable bonds is 3. The first-order valence-electron chi connectivity index (χ1n) is 5.03. The summed E-state index contributed by atoms with van der Waals surface area (Å²) in [5, 5.41) is 8.45. The number of halogens is 6. The molecule has 0 aromatic heterocycles. The van der Waals surface area contributed by atoms with Gasteiger partial charge in [-0.05, 0) is 12.5 Å². The summed E-state index contributed by atoms with van der Waals surface area (Å²) in [6.07, 6.45) is -6.11. The predicted molar refractivity (Wildman–Crippen MR) is 57.2 cm³/mol. The van der Waals surface area contributed by atoms with E-state index in [1.54, 1.807) is 6.92 Å². The molecule has 0 bridgehead atoms. The number of hydrogen-bond donors (Lipinski definition) is 1. The van der Waals surface area contributed by atoms with E-state index < -0.39 is 23.5 Å². The highest BCUT2D eigenvalue weighted by Gasteiger charge is 2.71. The van der Waals surface area contributed by atoms with Crippen molar-refractivity contribution in [3.63, 3.8) is 0 Å². The van der Waals surface area contributed by atoms with Crippen molar-refractivity contribution in [3.8, 4) is 0 Å². The Morgan fingerprint density at radius 1 is 1.00 bits per heavy atom. The summed E-state index contributed by atoms with van der Waals surface area (Å²) in [6, 6.07) is 3.36. The normalized spacial score (nSPS) is 16.0. The molecule has 0 fully saturated rings. The molecule has 0 saturated carbocycles. The Labute approximate surface area is 105 Å². The fraction of sp³-hybridized carbons (Fsp3) is 0.333. The first-order valence-corrected chi connectivity index (χ1v) is 5.03. The Hall–Kier alpha value is -1.50. The van der Waals surface area contributed by atoms with Gasteiger partial charge < -0.3 is 5.11 Å². The number of aliphatic hydroxyl groups is 1. The van der Waals surface area contributed by atoms with E-state index in [0.717, 1.165) is 12.1 Å². The van der Waals surface area contributed by atoms with Crippen LogP contribution in [0, 0.1) is 0 Å². The van der Waals surface area contributed by atoms with E-state index >= 15 is 0 Å². The molecule has 0 aliphatic heterocycles. The van der Waals surface area contributed by atoms with Crippen LogP contribution in [0.1, 0.15) is 18.1 Å². The zero-order valence-corrected chi connectivity index (χ0v) is 9.73. The van der Waals surface area contributed by atoms with Crippen LogP contribution in [0.2, 0.25) is 0 Å². The minimum atomic E-state index is -6.11. The fourth-order valence-electron chi connectivity index (χ4n) is 1.33. The molecule has 1 rings (SSSR count). The second-order valence-corrected chi connectivity index (χ2v) is 4.05. The van der Waals surface area contributed by atoms with E-state index in [9.17, 15) is 26.3 Å². The van der Waals surface area contributed by atoms with Gasteiger partial charge in [0.1, 0.15) is 0 Å². The molecule has 0 spiro atoms. The molecule has 0 saturated heterocycles. The van der Waals surface area contributed by atoms with Crippen LogP contribution in [-0.4, -0.2) is 17.1 Å². The van der Waals surface area contributed by atoms with Crippen molar-refractivity contribution in [2.45, 2.75) is 24.9 Å². The third kappa shape index (κ3) is 2.60. The Morgan fingerprint density at radius 2 is 1.42 bits per heavy atom. The molecule has 7 heteroatoms. The van der Waals surface area contributed by atoms with Crippen LogP contribution in [0.5, 0.6) is 0 Å². The Morgan fingerprint density at radius 3 is 1.74 bits per heavy atom. The van der Waals surface area contributed by atoms with Crippen LogP contribution in [0.15, 0.2) is 30.8 Å². The van der Waals surface area contributed by atoms with E-state index in [0.29, 0.717) is 23.3 Å². The van der Waals surface area contributed by atoms with E-state index in [4.69, 9.17) is 5.11 Å². The summed E-state index contributed by atoms with van der Waals surface area (Å²) in [4.78, 5) is 0. The van der Waals surface area contributed by atoms with Crippen molar-refractivity contribution in [1.82, 2.24) is 0 Å². The lowest BCUT2D eigenvalue weighted by Crippen LogP contribution is -2.53. The van der Waals surface area contributed by atoms with Crippen molar-refractivity contribution < 1.29 is 31.4 Å². The molecule has 1 unspecified atom stereocenters. The highest BCUT2D eigenvalue weighted by Crippen LogP contribution is 2.48. The summed E-state index contributed by atoms with van der Waals surface area (Å²) < 4.78 is 76.1. The van der Waals surface area contributed by atoms with Crippen LogP contribution in [0.4, 0.5) is 26.3 Å². The monoisotopic (exact) mass is 284 g/mol. The van der Waals surface area contributed by atoms with E-state index in [1.807, 2.05) is 0 Å². The molecule has 1 aromatic rings. The molecule has 0 radical (unpaired) electrons. The summed E-state index contributed by atoms with van der Waals surface area (Å²) in [6.45, 7) is 5.08. The first kappa shape index (κ1) is 15.6. The lowest BCUT2D eigenvalue weighted by atomic mass is 9.98. The largest absolute Gasteiger partial charge is 0.455 e. The van der Waals surface area contributed by atoms with E-state index in [2.05, 4.69) is 6.58 Å². The van der Waals surface area contributed by atoms with Gasteiger partial charge in [0, 0.05) is 5.56 Å². The Kier molecular flexibility index (Phi) is 3.73. The van der Waals surface area contributed by atoms with Crippen LogP contribution in [0.25, 0.3) is 5.57 Å². The molecule has 1 atom stereocenters. The highest BCUT2D eigenvalue weighted by atomic mass is 19.4. The first-order chi connectivity index (χ1) is 8.41. The van der Waals surface area contributed by atoms with Gasteiger partial charge in [-0.25, -0.2) is 0 Å². The molecule has 1 nitrogen and oxygen atoms in total. The summed E-state index contributed by atoms with van der Waals surface area (Å²) in [5.41, 5.74) is -0.366. The average Bonchev–Trinajstić information content (AvgIpc) is 2.27. The highest BCUT2D eigenvalue weighted by molar-refractivity contribution is 5.61. The lowest BCUT2D eigenvalue weighted by molar-refractivity contribution is -0.390. The topological polar surface area (TPSA) is 20.2 Å². The third-order valence-electron chi connectivity index (χ3n) is 2.53. The minimum Gasteiger partial charge on any atom is -0.350 e. The van der Waals surface area contributed by atoms with Gasteiger partial charge in [-0.1, -0.05) is 36.4 Å². The zero-order chi connectivity index (χ0) is 15.1. The quantitative estimate of drug-likeness (QED) is 0.831. The molecular weight excluding hydrogens is 274 g/mol. The Bertz CT molecular complexity index is 472. The number of benzene rings is 1.